The highest BCUT2D eigenvalue weighted by Crippen LogP contribution is 2.33. The number of carbonyl (C=O) groups excluding carboxylic acids is 1. The maximum Gasteiger partial charge on any atom is 0.329 e. The summed E-state index contributed by atoms with van der Waals surface area (Å²) in [6.45, 7) is 2.41. The number of rotatable bonds is 2. The van der Waals surface area contributed by atoms with Crippen molar-refractivity contribution in [3.63, 3.8) is 0 Å². The van der Waals surface area contributed by atoms with Gasteiger partial charge < -0.3 is 20.1 Å². The van der Waals surface area contributed by atoms with Gasteiger partial charge in [-0.3, -0.25) is 4.79 Å². The fraction of sp³-hybridized carbons (Fsp3) is 0.467. The van der Waals surface area contributed by atoms with Crippen LogP contribution in [0.5, 0.6) is 5.75 Å². The predicted octanol–water partition coefficient (Wildman–Crippen LogP) is 1.33. The fourth-order valence-corrected chi connectivity index (χ4v) is 2.96. The Bertz CT molecular complexity index is 589. The largest absolute Gasteiger partial charge is 0.480 e. The molecule has 1 fully saturated rings. The molecule has 1 aromatic rings. The van der Waals surface area contributed by atoms with Crippen LogP contribution < -0.4 is 10.1 Å². The Labute approximate surface area is 122 Å². The molecular weight excluding hydrogens is 272 g/mol. The van der Waals surface area contributed by atoms with Crippen LogP contribution in [0.4, 0.5) is 5.69 Å². The van der Waals surface area contributed by atoms with Crippen molar-refractivity contribution in [2.75, 3.05) is 18.4 Å². The minimum absolute atomic E-state index is 0.264. The molecule has 6 heteroatoms. The highest BCUT2D eigenvalue weighted by atomic mass is 16.5. The molecule has 6 nitrogen and oxygen atoms in total. The Hall–Kier alpha value is -2.24. The number of hydrogen-bond donors (Lipinski definition) is 2. The third-order valence-corrected chi connectivity index (χ3v) is 4.28. The van der Waals surface area contributed by atoms with Gasteiger partial charge in [0.2, 0.25) is 0 Å². The molecule has 2 aliphatic heterocycles. The third-order valence-electron chi connectivity index (χ3n) is 4.28. The van der Waals surface area contributed by atoms with Crippen LogP contribution in [0.15, 0.2) is 24.3 Å². The highest BCUT2D eigenvalue weighted by molar-refractivity contribution is 5.90. The van der Waals surface area contributed by atoms with Crippen LogP contribution in [0.2, 0.25) is 0 Å². The van der Waals surface area contributed by atoms with Crippen molar-refractivity contribution < 1.29 is 19.4 Å². The Balaban J connectivity index is 1.79. The van der Waals surface area contributed by atoms with Gasteiger partial charge in [-0.05, 0) is 31.9 Å². The molecule has 21 heavy (non-hydrogen) atoms. The van der Waals surface area contributed by atoms with Gasteiger partial charge in [0.25, 0.3) is 5.91 Å². The number of hydrogen-bond acceptors (Lipinski definition) is 4. The SMILES string of the molecule is CC1(C(=O)O)CCCN1C(=O)C1CNc2ccccc2O1. The first-order chi connectivity index (χ1) is 10.0. The van der Waals surface area contributed by atoms with Crippen LogP contribution in [0.1, 0.15) is 19.8 Å². The van der Waals surface area contributed by atoms with Gasteiger partial charge in [-0.25, -0.2) is 4.79 Å². The van der Waals surface area contributed by atoms with Gasteiger partial charge in [0.15, 0.2) is 6.10 Å². The van der Waals surface area contributed by atoms with E-state index >= 15 is 0 Å². The fourth-order valence-electron chi connectivity index (χ4n) is 2.96. The topological polar surface area (TPSA) is 78.9 Å². The zero-order valence-electron chi connectivity index (χ0n) is 11.8. The number of likely N-dealkylation sites (tertiary alicyclic amines) is 1. The van der Waals surface area contributed by atoms with E-state index < -0.39 is 17.6 Å². The molecule has 1 saturated heterocycles. The second-order valence-electron chi connectivity index (χ2n) is 5.66. The molecule has 2 atom stereocenters. The summed E-state index contributed by atoms with van der Waals surface area (Å²) in [6.07, 6.45) is 0.493. The number of carboxylic acid groups (broad SMARTS) is 1. The predicted molar refractivity (Wildman–Crippen MR) is 76.3 cm³/mol. The van der Waals surface area contributed by atoms with E-state index in [0.29, 0.717) is 31.7 Å². The standard InChI is InChI=1S/C15H18N2O4/c1-15(14(19)20)7-4-8-17(15)13(18)12-9-16-10-5-2-3-6-11(10)21-12/h2-3,5-6,12,16H,4,7-9H2,1H3,(H,19,20). The number of nitrogens with one attached hydrogen (secondary N) is 1. The van der Waals surface area contributed by atoms with Crippen molar-refractivity contribution in [3.8, 4) is 5.75 Å². The molecule has 0 radical (unpaired) electrons. The van der Waals surface area contributed by atoms with E-state index in [1.165, 1.54) is 4.90 Å². The molecule has 1 aromatic carbocycles. The first-order valence-corrected chi connectivity index (χ1v) is 7.07. The number of benzene rings is 1. The Kier molecular flexibility index (Phi) is 3.23. The minimum atomic E-state index is -1.13. The third kappa shape index (κ3) is 2.20. The summed E-state index contributed by atoms with van der Waals surface area (Å²) in [5.74, 6) is -0.602. The first kappa shape index (κ1) is 13.7. The van der Waals surface area contributed by atoms with Crippen LogP contribution in [-0.2, 0) is 9.59 Å². The Morgan fingerprint density at radius 2 is 2.19 bits per heavy atom. The number of nitrogens with zero attached hydrogens (tertiary/aromatic N) is 1. The van der Waals surface area contributed by atoms with Gasteiger partial charge in [0.05, 0.1) is 12.2 Å². The number of para-hydroxylation sites is 2. The molecule has 0 saturated carbocycles. The summed E-state index contributed by atoms with van der Waals surface area (Å²) >= 11 is 0. The zero-order valence-corrected chi connectivity index (χ0v) is 11.8. The van der Waals surface area contributed by atoms with E-state index in [1.807, 2.05) is 18.2 Å². The molecule has 0 aliphatic carbocycles. The molecular formula is C15H18N2O4. The molecule has 2 heterocycles. The molecule has 112 valence electrons. The van der Waals surface area contributed by atoms with Crippen molar-refractivity contribution >= 4 is 17.6 Å². The van der Waals surface area contributed by atoms with Gasteiger partial charge >= 0.3 is 5.97 Å². The zero-order chi connectivity index (χ0) is 15.0. The van der Waals surface area contributed by atoms with Crippen LogP contribution >= 0.6 is 0 Å². The summed E-state index contributed by atoms with van der Waals surface area (Å²) in [5, 5.41) is 12.6. The van der Waals surface area contributed by atoms with Crippen molar-refractivity contribution in [2.24, 2.45) is 0 Å². The number of anilines is 1. The lowest BCUT2D eigenvalue weighted by atomic mass is 9.98. The lowest BCUT2D eigenvalue weighted by Gasteiger charge is -2.35. The summed E-state index contributed by atoms with van der Waals surface area (Å²) < 4.78 is 5.73. The molecule has 2 aliphatic rings. The number of aliphatic carboxylic acids is 1. The van der Waals surface area contributed by atoms with Gasteiger partial charge in [0.1, 0.15) is 11.3 Å². The van der Waals surface area contributed by atoms with Crippen molar-refractivity contribution in [1.82, 2.24) is 4.90 Å². The monoisotopic (exact) mass is 290 g/mol. The first-order valence-electron chi connectivity index (χ1n) is 7.07. The van der Waals surface area contributed by atoms with Crippen molar-refractivity contribution in [1.29, 1.82) is 0 Å². The van der Waals surface area contributed by atoms with Gasteiger partial charge in [0, 0.05) is 6.54 Å². The Morgan fingerprint density at radius 1 is 1.43 bits per heavy atom. The lowest BCUT2D eigenvalue weighted by molar-refractivity contribution is -0.158. The summed E-state index contributed by atoms with van der Waals surface area (Å²) in [7, 11) is 0. The minimum Gasteiger partial charge on any atom is -0.480 e. The number of ether oxygens (including phenoxy) is 1. The second-order valence-corrected chi connectivity index (χ2v) is 5.66. The molecule has 0 aromatic heterocycles. The van der Waals surface area contributed by atoms with E-state index in [4.69, 9.17) is 4.74 Å². The summed E-state index contributed by atoms with van der Waals surface area (Å²) in [5.41, 5.74) is -0.277. The van der Waals surface area contributed by atoms with E-state index in [2.05, 4.69) is 5.32 Å². The smallest absolute Gasteiger partial charge is 0.329 e. The average Bonchev–Trinajstić information content (AvgIpc) is 2.89. The summed E-state index contributed by atoms with van der Waals surface area (Å²) in [4.78, 5) is 25.5. The normalized spacial score (nSPS) is 27.5. The van der Waals surface area contributed by atoms with Crippen LogP contribution in [0.25, 0.3) is 0 Å². The number of carbonyl (C=O) groups is 2. The van der Waals surface area contributed by atoms with Crippen molar-refractivity contribution in [3.05, 3.63) is 24.3 Å². The second kappa shape index (κ2) is 4.95. The van der Waals surface area contributed by atoms with E-state index in [1.54, 1.807) is 13.0 Å². The van der Waals surface area contributed by atoms with Crippen LogP contribution in [-0.4, -0.2) is 46.6 Å². The number of fused-ring (bicyclic) bond motifs is 1. The van der Waals surface area contributed by atoms with E-state index in [9.17, 15) is 14.7 Å². The average molecular weight is 290 g/mol. The Morgan fingerprint density at radius 3 is 2.95 bits per heavy atom. The quantitative estimate of drug-likeness (QED) is 0.859. The van der Waals surface area contributed by atoms with E-state index in [-0.39, 0.29) is 5.91 Å². The van der Waals surface area contributed by atoms with Crippen LogP contribution in [0.3, 0.4) is 0 Å². The molecule has 0 bridgehead atoms. The van der Waals surface area contributed by atoms with Gasteiger partial charge in [-0.1, -0.05) is 12.1 Å². The summed E-state index contributed by atoms with van der Waals surface area (Å²) in [6, 6.07) is 7.40. The number of amides is 1. The molecule has 3 rings (SSSR count). The number of carboxylic acids is 1. The molecule has 2 N–H and O–H groups in total. The lowest BCUT2D eigenvalue weighted by Crippen LogP contribution is -2.56. The molecule has 1 amide bonds. The maximum atomic E-state index is 12.6. The van der Waals surface area contributed by atoms with Gasteiger partial charge in [-0.15, -0.1) is 0 Å². The molecule has 2 unspecified atom stereocenters. The maximum absolute atomic E-state index is 12.6. The van der Waals surface area contributed by atoms with Crippen LogP contribution in [0, 0.1) is 0 Å². The molecule has 0 spiro atoms. The van der Waals surface area contributed by atoms with E-state index in [0.717, 1.165) is 5.69 Å². The van der Waals surface area contributed by atoms with Gasteiger partial charge in [-0.2, -0.15) is 0 Å². The highest BCUT2D eigenvalue weighted by Gasteiger charge is 2.48. The van der Waals surface area contributed by atoms with Crippen molar-refractivity contribution in [2.45, 2.75) is 31.4 Å².